The SMILES string of the molecule is CC1(C)CCCC(C)(C)N1C(CCC(=O)O)CC(=O)O. The lowest BCUT2D eigenvalue weighted by Crippen LogP contribution is -2.62. The molecule has 20 heavy (non-hydrogen) atoms. The van der Waals surface area contributed by atoms with Crippen molar-refractivity contribution in [1.82, 2.24) is 4.90 Å². The van der Waals surface area contributed by atoms with Gasteiger partial charge >= 0.3 is 11.9 Å². The highest BCUT2D eigenvalue weighted by Crippen LogP contribution is 2.41. The van der Waals surface area contributed by atoms with Crippen LogP contribution in [-0.2, 0) is 9.59 Å². The van der Waals surface area contributed by atoms with Crippen LogP contribution in [0.4, 0.5) is 0 Å². The number of hydrogen-bond donors (Lipinski definition) is 2. The molecular formula is C15H27NO4. The lowest BCUT2D eigenvalue weighted by atomic mass is 9.77. The maximum Gasteiger partial charge on any atom is 0.304 e. The maximum absolute atomic E-state index is 11.1. The summed E-state index contributed by atoms with van der Waals surface area (Å²) >= 11 is 0. The molecule has 1 rings (SSSR count). The van der Waals surface area contributed by atoms with E-state index < -0.39 is 11.9 Å². The molecule has 0 bridgehead atoms. The predicted octanol–water partition coefficient (Wildman–Crippen LogP) is 2.74. The Hall–Kier alpha value is -1.10. The molecule has 1 fully saturated rings. The van der Waals surface area contributed by atoms with Crippen molar-refractivity contribution in [2.24, 2.45) is 0 Å². The van der Waals surface area contributed by atoms with Crippen LogP contribution in [0.15, 0.2) is 0 Å². The standard InChI is InChI=1S/C15H27NO4/c1-14(2)8-5-9-15(3,4)16(14)11(10-13(19)20)6-7-12(17)18/h11H,5-10H2,1-4H3,(H,17,18)(H,19,20). The number of carboxylic acid groups (broad SMARTS) is 2. The van der Waals surface area contributed by atoms with Gasteiger partial charge in [0.2, 0.25) is 0 Å². The Labute approximate surface area is 121 Å². The first kappa shape index (κ1) is 17.0. The zero-order chi connectivity index (χ0) is 15.6. The van der Waals surface area contributed by atoms with Gasteiger partial charge in [0.15, 0.2) is 0 Å². The Morgan fingerprint density at radius 1 is 1.05 bits per heavy atom. The van der Waals surface area contributed by atoms with Crippen molar-refractivity contribution >= 4 is 11.9 Å². The van der Waals surface area contributed by atoms with Crippen molar-refractivity contribution in [1.29, 1.82) is 0 Å². The number of likely N-dealkylation sites (tertiary alicyclic amines) is 1. The van der Waals surface area contributed by atoms with Gasteiger partial charge in [-0.15, -0.1) is 0 Å². The molecule has 1 atom stereocenters. The molecule has 0 aliphatic carbocycles. The first-order valence-electron chi connectivity index (χ1n) is 7.29. The van der Waals surface area contributed by atoms with Gasteiger partial charge in [-0.2, -0.15) is 0 Å². The number of carbonyl (C=O) groups is 2. The van der Waals surface area contributed by atoms with Crippen LogP contribution < -0.4 is 0 Å². The van der Waals surface area contributed by atoms with Gasteiger partial charge in [0, 0.05) is 23.5 Å². The molecule has 0 aromatic carbocycles. The van der Waals surface area contributed by atoms with Gasteiger partial charge in [-0.05, 0) is 53.4 Å². The number of nitrogens with zero attached hydrogens (tertiary/aromatic N) is 1. The fourth-order valence-corrected chi connectivity index (χ4v) is 3.82. The molecule has 1 unspecified atom stereocenters. The monoisotopic (exact) mass is 285 g/mol. The molecule has 5 nitrogen and oxygen atoms in total. The van der Waals surface area contributed by atoms with Crippen LogP contribution in [-0.4, -0.2) is 44.2 Å². The summed E-state index contributed by atoms with van der Waals surface area (Å²) in [6, 6.07) is -0.228. The zero-order valence-corrected chi connectivity index (χ0v) is 13.0. The maximum atomic E-state index is 11.1. The van der Waals surface area contributed by atoms with Crippen LogP contribution >= 0.6 is 0 Å². The van der Waals surface area contributed by atoms with Gasteiger partial charge in [-0.1, -0.05) is 0 Å². The third-order valence-electron chi connectivity index (χ3n) is 4.35. The summed E-state index contributed by atoms with van der Waals surface area (Å²) in [5.41, 5.74) is -0.194. The third kappa shape index (κ3) is 4.20. The minimum Gasteiger partial charge on any atom is -0.481 e. The minimum absolute atomic E-state index is 0.000139. The van der Waals surface area contributed by atoms with E-state index in [2.05, 4.69) is 32.6 Å². The Morgan fingerprint density at radius 2 is 1.55 bits per heavy atom. The van der Waals surface area contributed by atoms with E-state index in [4.69, 9.17) is 10.2 Å². The lowest BCUT2D eigenvalue weighted by molar-refractivity contribution is -0.144. The normalized spacial score (nSPS) is 23.2. The van der Waals surface area contributed by atoms with E-state index in [1.807, 2.05) is 0 Å². The molecule has 116 valence electrons. The summed E-state index contributed by atoms with van der Waals surface area (Å²) in [6.07, 6.45) is 3.55. The highest BCUT2D eigenvalue weighted by atomic mass is 16.4. The quantitative estimate of drug-likeness (QED) is 0.784. The van der Waals surface area contributed by atoms with E-state index in [1.165, 1.54) is 0 Å². The van der Waals surface area contributed by atoms with Crippen LogP contribution in [0.1, 0.15) is 66.2 Å². The Morgan fingerprint density at radius 3 is 1.95 bits per heavy atom. The molecule has 0 aromatic heterocycles. The van der Waals surface area contributed by atoms with Crippen LogP contribution in [0.3, 0.4) is 0 Å². The zero-order valence-electron chi connectivity index (χ0n) is 13.0. The molecule has 0 amide bonds. The van der Waals surface area contributed by atoms with E-state index in [0.717, 1.165) is 19.3 Å². The summed E-state index contributed by atoms with van der Waals surface area (Å²) in [5.74, 6) is -1.73. The largest absolute Gasteiger partial charge is 0.481 e. The fourth-order valence-electron chi connectivity index (χ4n) is 3.82. The lowest BCUT2D eigenvalue weighted by Gasteiger charge is -2.56. The molecule has 0 spiro atoms. The average Bonchev–Trinajstić information content (AvgIpc) is 2.22. The Balaban J connectivity index is 3.00. The van der Waals surface area contributed by atoms with Crippen molar-refractivity contribution in [3.05, 3.63) is 0 Å². The summed E-state index contributed by atoms with van der Waals surface area (Å²) in [5, 5.41) is 18.0. The number of piperidine rings is 1. The van der Waals surface area contributed by atoms with Crippen molar-refractivity contribution in [3.63, 3.8) is 0 Å². The van der Waals surface area contributed by atoms with E-state index in [0.29, 0.717) is 6.42 Å². The van der Waals surface area contributed by atoms with Gasteiger partial charge in [0.05, 0.1) is 6.42 Å². The Bertz CT molecular complexity index is 360. The van der Waals surface area contributed by atoms with Crippen LogP contribution in [0.5, 0.6) is 0 Å². The van der Waals surface area contributed by atoms with Crippen molar-refractivity contribution in [3.8, 4) is 0 Å². The van der Waals surface area contributed by atoms with Crippen molar-refractivity contribution in [2.45, 2.75) is 83.3 Å². The number of aliphatic carboxylic acids is 2. The number of hydrogen-bond acceptors (Lipinski definition) is 3. The molecule has 1 aliphatic rings. The molecule has 1 saturated heterocycles. The Kier molecular flexibility index (Phi) is 5.19. The molecule has 1 heterocycles. The smallest absolute Gasteiger partial charge is 0.304 e. The van der Waals surface area contributed by atoms with Gasteiger partial charge in [-0.3, -0.25) is 14.5 Å². The fraction of sp³-hybridized carbons (Fsp3) is 0.867. The highest BCUT2D eigenvalue weighted by molar-refractivity contribution is 5.68. The second-order valence-corrected chi connectivity index (χ2v) is 7.03. The predicted molar refractivity (Wildman–Crippen MR) is 76.8 cm³/mol. The molecule has 1 aliphatic heterocycles. The third-order valence-corrected chi connectivity index (χ3v) is 4.35. The second-order valence-electron chi connectivity index (χ2n) is 7.03. The number of carboxylic acids is 2. The topological polar surface area (TPSA) is 77.8 Å². The van der Waals surface area contributed by atoms with E-state index in [1.54, 1.807) is 0 Å². The first-order chi connectivity index (χ1) is 9.06. The molecule has 0 saturated carbocycles. The number of rotatable bonds is 6. The highest BCUT2D eigenvalue weighted by Gasteiger charge is 2.45. The van der Waals surface area contributed by atoms with Gasteiger partial charge in [0.25, 0.3) is 0 Å². The van der Waals surface area contributed by atoms with Crippen LogP contribution in [0, 0.1) is 0 Å². The van der Waals surface area contributed by atoms with E-state index in [-0.39, 0.29) is 30.0 Å². The van der Waals surface area contributed by atoms with E-state index >= 15 is 0 Å². The molecule has 0 radical (unpaired) electrons. The summed E-state index contributed by atoms with van der Waals surface area (Å²) < 4.78 is 0. The molecule has 5 heteroatoms. The average molecular weight is 285 g/mol. The minimum atomic E-state index is -0.868. The van der Waals surface area contributed by atoms with Crippen molar-refractivity contribution in [2.75, 3.05) is 0 Å². The molecular weight excluding hydrogens is 258 g/mol. The summed E-state index contributed by atoms with van der Waals surface area (Å²) in [7, 11) is 0. The van der Waals surface area contributed by atoms with Gasteiger partial charge < -0.3 is 10.2 Å². The summed E-state index contributed by atoms with van der Waals surface area (Å²) in [4.78, 5) is 24.2. The van der Waals surface area contributed by atoms with Crippen LogP contribution in [0.2, 0.25) is 0 Å². The summed E-state index contributed by atoms with van der Waals surface area (Å²) in [6.45, 7) is 8.51. The van der Waals surface area contributed by atoms with Gasteiger partial charge in [0.1, 0.15) is 0 Å². The van der Waals surface area contributed by atoms with E-state index in [9.17, 15) is 9.59 Å². The molecule has 0 aromatic rings. The second kappa shape index (κ2) is 6.12. The van der Waals surface area contributed by atoms with Gasteiger partial charge in [-0.25, -0.2) is 0 Å². The van der Waals surface area contributed by atoms with Crippen molar-refractivity contribution < 1.29 is 19.8 Å². The first-order valence-corrected chi connectivity index (χ1v) is 7.29. The van der Waals surface area contributed by atoms with Crippen LogP contribution in [0.25, 0.3) is 0 Å². The molecule has 2 N–H and O–H groups in total.